The third-order valence-corrected chi connectivity index (χ3v) is 7.83. The average Bonchev–Trinajstić information content (AvgIpc) is 3.15. The molecular weight excluding hydrogens is 354 g/mol. The number of hydrogen-bond donors (Lipinski definition) is 2. The molecule has 2 N–H and O–H groups in total. The van der Waals surface area contributed by atoms with Crippen molar-refractivity contribution >= 4 is 5.91 Å². The van der Waals surface area contributed by atoms with Crippen LogP contribution in [0.5, 0.6) is 11.5 Å². The van der Waals surface area contributed by atoms with Gasteiger partial charge in [0.2, 0.25) is 5.91 Å². The minimum absolute atomic E-state index is 0.0377. The summed E-state index contributed by atoms with van der Waals surface area (Å²) < 4.78 is 11.6. The van der Waals surface area contributed by atoms with E-state index in [1.54, 1.807) is 19.2 Å². The Labute approximate surface area is 167 Å². The van der Waals surface area contributed by atoms with Crippen molar-refractivity contribution in [3.05, 3.63) is 23.8 Å². The van der Waals surface area contributed by atoms with Crippen LogP contribution in [0.2, 0.25) is 0 Å². The quantitative estimate of drug-likeness (QED) is 0.795. The molecule has 3 aliphatic rings. The van der Waals surface area contributed by atoms with Crippen LogP contribution >= 0.6 is 0 Å². The van der Waals surface area contributed by atoms with Crippen LogP contribution in [0.3, 0.4) is 0 Å². The Morgan fingerprint density at radius 2 is 2.18 bits per heavy atom. The van der Waals surface area contributed by atoms with Gasteiger partial charge in [-0.2, -0.15) is 0 Å². The Morgan fingerprint density at radius 3 is 2.89 bits per heavy atom. The molecule has 2 aliphatic carbocycles. The van der Waals surface area contributed by atoms with Crippen molar-refractivity contribution in [2.75, 3.05) is 13.7 Å². The number of carbonyl (C=O) groups excluding carboxylic acids is 1. The van der Waals surface area contributed by atoms with Crippen molar-refractivity contribution < 1.29 is 19.4 Å². The maximum absolute atomic E-state index is 12.5. The number of fused-ring (bicyclic) bond motifs is 1. The zero-order valence-corrected chi connectivity index (χ0v) is 17.5. The zero-order valence-electron chi connectivity index (χ0n) is 17.5. The summed E-state index contributed by atoms with van der Waals surface area (Å²) in [5.74, 6) is 2.00. The molecule has 1 spiro atoms. The maximum atomic E-state index is 12.5. The van der Waals surface area contributed by atoms with Crippen LogP contribution in [0.1, 0.15) is 64.5 Å². The molecule has 2 bridgehead atoms. The van der Waals surface area contributed by atoms with Gasteiger partial charge in [0, 0.05) is 24.6 Å². The number of methoxy groups -OCH3 is 1. The highest BCUT2D eigenvalue weighted by Gasteiger charge is 2.68. The van der Waals surface area contributed by atoms with Gasteiger partial charge >= 0.3 is 0 Å². The Morgan fingerprint density at radius 1 is 1.39 bits per heavy atom. The lowest BCUT2D eigenvalue weighted by molar-refractivity contribution is -0.137. The van der Waals surface area contributed by atoms with Crippen LogP contribution in [0, 0.1) is 22.7 Å². The number of phenols is 1. The molecular formula is C23H33NO4. The molecule has 1 amide bonds. The number of amides is 1. The summed E-state index contributed by atoms with van der Waals surface area (Å²) in [5, 5.41) is 14.0. The zero-order chi connectivity index (χ0) is 20.1. The molecule has 0 radical (unpaired) electrons. The Kier molecular flexibility index (Phi) is 4.85. The van der Waals surface area contributed by atoms with Gasteiger partial charge in [-0.05, 0) is 66.5 Å². The van der Waals surface area contributed by atoms with E-state index in [1.165, 1.54) is 0 Å². The monoisotopic (exact) mass is 387 g/mol. The van der Waals surface area contributed by atoms with E-state index in [2.05, 4.69) is 19.2 Å². The third kappa shape index (κ3) is 2.81. The van der Waals surface area contributed by atoms with Crippen LogP contribution in [-0.2, 0) is 9.53 Å². The molecule has 1 aromatic carbocycles. The first-order chi connectivity index (χ1) is 13.3. The van der Waals surface area contributed by atoms with Crippen LogP contribution < -0.4 is 10.1 Å². The van der Waals surface area contributed by atoms with Gasteiger partial charge in [-0.15, -0.1) is 0 Å². The number of rotatable bonds is 5. The smallest absolute Gasteiger partial charge is 0.220 e. The second-order valence-corrected chi connectivity index (χ2v) is 9.51. The molecule has 0 aromatic heterocycles. The molecule has 2 saturated carbocycles. The minimum atomic E-state index is -0.157. The highest BCUT2D eigenvalue weighted by atomic mass is 16.5. The van der Waals surface area contributed by atoms with Gasteiger partial charge < -0.3 is 19.9 Å². The Balaban J connectivity index is 1.69. The lowest BCUT2D eigenvalue weighted by atomic mass is 9.58. The molecule has 1 aromatic rings. The van der Waals surface area contributed by atoms with E-state index < -0.39 is 0 Å². The lowest BCUT2D eigenvalue weighted by Crippen LogP contribution is -2.58. The van der Waals surface area contributed by atoms with Crippen LogP contribution in [0.4, 0.5) is 0 Å². The SMILES string of the molecule is CCCC(=O)N[C@@H]1C(C)(C)[C@@H]2C[C@@H]3[C@@H](c4cc(OC)ccc4O)OCC[C@@]31C2. The largest absolute Gasteiger partial charge is 0.508 e. The topological polar surface area (TPSA) is 67.8 Å². The molecule has 5 heteroatoms. The number of hydrogen-bond acceptors (Lipinski definition) is 4. The lowest BCUT2D eigenvalue weighted by Gasteiger charge is -2.53. The average molecular weight is 388 g/mol. The normalized spacial score (nSPS) is 35.4. The van der Waals surface area contributed by atoms with E-state index in [0.29, 0.717) is 24.9 Å². The molecule has 154 valence electrons. The molecule has 1 saturated heterocycles. The van der Waals surface area contributed by atoms with Gasteiger partial charge in [0.25, 0.3) is 0 Å². The minimum Gasteiger partial charge on any atom is -0.508 e. The van der Waals surface area contributed by atoms with E-state index in [0.717, 1.165) is 37.0 Å². The fourth-order valence-electron chi connectivity index (χ4n) is 6.44. The summed E-state index contributed by atoms with van der Waals surface area (Å²) in [4.78, 5) is 12.5. The van der Waals surface area contributed by atoms with E-state index in [1.807, 2.05) is 13.0 Å². The van der Waals surface area contributed by atoms with Crippen LogP contribution in [0.25, 0.3) is 0 Å². The molecule has 28 heavy (non-hydrogen) atoms. The summed E-state index contributed by atoms with van der Waals surface area (Å²) in [7, 11) is 1.64. The number of ether oxygens (including phenoxy) is 2. The number of benzene rings is 1. The fraction of sp³-hybridized carbons (Fsp3) is 0.696. The van der Waals surface area contributed by atoms with Crippen molar-refractivity contribution in [1.82, 2.24) is 5.32 Å². The van der Waals surface area contributed by atoms with Crippen molar-refractivity contribution in [2.45, 2.75) is 65.0 Å². The molecule has 0 unspecified atom stereocenters. The standard InChI is InChI=1S/C23H33NO4/c1-5-6-19(26)24-21-22(2,3)14-11-17-20(28-10-9-23(17,21)13-14)16-12-15(27-4)7-8-18(16)25/h7-8,12,14,17,20-21,25H,5-6,9-11,13H2,1-4H3,(H,24,26)/t14-,17-,20-,21-,23-/m1/s1. The Bertz CT molecular complexity index is 761. The number of phenolic OH excluding ortho intramolecular Hbond substituents is 1. The third-order valence-electron chi connectivity index (χ3n) is 7.83. The summed E-state index contributed by atoms with van der Waals surface area (Å²) in [5.41, 5.74) is 0.932. The molecule has 3 fully saturated rings. The van der Waals surface area contributed by atoms with E-state index in [-0.39, 0.29) is 34.6 Å². The Hall–Kier alpha value is -1.75. The van der Waals surface area contributed by atoms with Crippen molar-refractivity contribution in [3.8, 4) is 11.5 Å². The van der Waals surface area contributed by atoms with Gasteiger partial charge in [-0.3, -0.25) is 4.79 Å². The van der Waals surface area contributed by atoms with Crippen LogP contribution in [-0.4, -0.2) is 30.8 Å². The maximum Gasteiger partial charge on any atom is 0.220 e. The van der Waals surface area contributed by atoms with Gasteiger partial charge in [0.05, 0.1) is 13.2 Å². The second kappa shape index (κ2) is 6.94. The highest BCUT2D eigenvalue weighted by Crippen LogP contribution is 2.70. The fourth-order valence-corrected chi connectivity index (χ4v) is 6.44. The summed E-state index contributed by atoms with van der Waals surface area (Å²) in [6, 6.07) is 5.52. The first-order valence-electron chi connectivity index (χ1n) is 10.6. The number of carbonyl (C=O) groups is 1. The number of aromatic hydroxyl groups is 1. The van der Waals surface area contributed by atoms with E-state index in [9.17, 15) is 9.90 Å². The summed E-state index contributed by atoms with van der Waals surface area (Å²) in [6.07, 6.45) is 4.46. The first-order valence-corrected chi connectivity index (χ1v) is 10.6. The molecule has 5 atom stereocenters. The van der Waals surface area contributed by atoms with Crippen LogP contribution in [0.15, 0.2) is 18.2 Å². The van der Waals surface area contributed by atoms with E-state index in [4.69, 9.17) is 9.47 Å². The summed E-state index contributed by atoms with van der Waals surface area (Å²) >= 11 is 0. The van der Waals surface area contributed by atoms with Crippen molar-refractivity contribution in [1.29, 1.82) is 0 Å². The predicted molar refractivity (Wildman–Crippen MR) is 107 cm³/mol. The molecule has 1 aliphatic heterocycles. The summed E-state index contributed by atoms with van der Waals surface area (Å²) in [6.45, 7) is 7.32. The molecule has 1 heterocycles. The highest BCUT2D eigenvalue weighted by molar-refractivity contribution is 5.76. The van der Waals surface area contributed by atoms with Crippen molar-refractivity contribution in [3.63, 3.8) is 0 Å². The van der Waals surface area contributed by atoms with Crippen molar-refractivity contribution in [2.24, 2.45) is 22.7 Å². The predicted octanol–water partition coefficient (Wildman–Crippen LogP) is 4.20. The first kappa shape index (κ1) is 19.6. The molecule has 4 rings (SSSR count). The van der Waals surface area contributed by atoms with Gasteiger partial charge in [0.1, 0.15) is 11.5 Å². The van der Waals surface area contributed by atoms with Gasteiger partial charge in [-0.25, -0.2) is 0 Å². The van der Waals surface area contributed by atoms with Gasteiger partial charge in [-0.1, -0.05) is 20.8 Å². The second-order valence-electron chi connectivity index (χ2n) is 9.51. The van der Waals surface area contributed by atoms with E-state index >= 15 is 0 Å². The van der Waals surface area contributed by atoms with Gasteiger partial charge in [0.15, 0.2) is 0 Å². The number of nitrogens with one attached hydrogen (secondary N) is 1. The molecule has 5 nitrogen and oxygen atoms in total.